The zero-order valence-electron chi connectivity index (χ0n) is 10.3. The zero-order chi connectivity index (χ0) is 11.6. The van der Waals surface area contributed by atoms with Crippen LogP contribution in [0.1, 0.15) is 44.9 Å². The molecule has 4 fully saturated rings. The quantitative estimate of drug-likeness (QED) is 0.759. The molecule has 3 heteroatoms. The first-order valence-electron chi connectivity index (χ1n) is 7.27. The van der Waals surface area contributed by atoms with Gasteiger partial charge in [-0.3, -0.25) is 4.79 Å². The van der Waals surface area contributed by atoms with Crippen molar-refractivity contribution < 1.29 is 4.79 Å². The van der Waals surface area contributed by atoms with Crippen LogP contribution < -0.4 is 11.1 Å². The molecule has 94 valence electrons. The summed E-state index contributed by atoms with van der Waals surface area (Å²) in [5.41, 5.74) is 5.47. The fourth-order valence-corrected chi connectivity index (χ4v) is 4.91. The minimum absolute atomic E-state index is 0.129. The standard InChI is InChI=1S/C14H22N2O/c15-14(4-5-14)13(17)16-12-7-8-6-11(12)10-3-1-2-9(8)10/h8-12H,1-7,15H2,(H,16,17). The van der Waals surface area contributed by atoms with E-state index in [-0.39, 0.29) is 5.91 Å². The summed E-state index contributed by atoms with van der Waals surface area (Å²) >= 11 is 0. The van der Waals surface area contributed by atoms with Crippen molar-refractivity contribution in [2.75, 3.05) is 0 Å². The predicted octanol–water partition coefficient (Wildman–Crippen LogP) is 1.42. The van der Waals surface area contributed by atoms with Crippen molar-refractivity contribution >= 4 is 5.91 Å². The second-order valence-electron chi connectivity index (χ2n) is 6.89. The van der Waals surface area contributed by atoms with Gasteiger partial charge < -0.3 is 11.1 Å². The van der Waals surface area contributed by atoms with Crippen LogP contribution in [0.2, 0.25) is 0 Å². The zero-order valence-corrected chi connectivity index (χ0v) is 10.3. The molecule has 4 rings (SSSR count). The third-order valence-electron chi connectivity index (χ3n) is 5.99. The molecule has 0 saturated heterocycles. The molecule has 3 N–H and O–H groups in total. The predicted molar refractivity (Wildman–Crippen MR) is 65.1 cm³/mol. The van der Waals surface area contributed by atoms with Gasteiger partial charge in [0.1, 0.15) is 0 Å². The molecule has 17 heavy (non-hydrogen) atoms. The highest BCUT2D eigenvalue weighted by Gasteiger charge is 2.55. The third-order valence-corrected chi connectivity index (χ3v) is 5.99. The van der Waals surface area contributed by atoms with Gasteiger partial charge in [0.05, 0.1) is 5.54 Å². The highest BCUT2D eigenvalue weighted by atomic mass is 16.2. The highest BCUT2D eigenvalue weighted by Crippen LogP contribution is 2.58. The van der Waals surface area contributed by atoms with Crippen LogP contribution in [-0.4, -0.2) is 17.5 Å². The average Bonchev–Trinajstić information content (AvgIpc) is 2.72. The van der Waals surface area contributed by atoms with Crippen molar-refractivity contribution in [2.45, 2.75) is 56.5 Å². The monoisotopic (exact) mass is 234 g/mol. The van der Waals surface area contributed by atoms with E-state index in [2.05, 4.69) is 5.32 Å². The number of hydrogen-bond donors (Lipinski definition) is 2. The fraction of sp³-hybridized carbons (Fsp3) is 0.929. The Labute approximate surface area is 103 Å². The van der Waals surface area contributed by atoms with Crippen LogP contribution in [0.5, 0.6) is 0 Å². The summed E-state index contributed by atoms with van der Waals surface area (Å²) < 4.78 is 0. The van der Waals surface area contributed by atoms with Gasteiger partial charge in [0.15, 0.2) is 0 Å². The fourth-order valence-electron chi connectivity index (χ4n) is 4.91. The Balaban J connectivity index is 1.45. The van der Waals surface area contributed by atoms with Gasteiger partial charge in [-0.1, -0.05) is 6.42 Å². The molecule has 0 radical (unpaired) electrons. The molecule has 0 aromatic carbocycles. The molecule has 5 unspecified atom stereocenters. The smallest absolute Gasteiger partial charge is 0.240 e. The Morgan fingerprint density at radius 1 is 1.12 bits per heavy atom. The Bertz CT molecular complexity index is 363. The Morgan fingerprint density at radius 3 is 2.65 bits per heavy atom. The van der Waals surface area contributed by atoms with E-state index in [1.54, 1.807) is 0 Å². The minimum Gasteiger partial charge on any atom is -0.351 e. The van der Waals surface area contributed by atoms with Crippen LogP contribution in [0.3, 0.4) is 0 Å². The summed E-state index contributed by atoms with van der Waals surface area (Å²) in [7, 11) is 0. The largest absolute Gasteiger partial charge is 0.351 e. The number of hydrogen-bond acceptors (Lipinski definition) is 2. The van der Waals surface area contributed by atoms with Gasteiger partial charge in [0.25, 0.3) is 0 Å². The summed E-state index contributed by atoms with van der Waals surface area (Å²) in [4.78, 5) is 12.0. The second kappa shape index (κ2) is 3.25. The summed E-state index contributed by atoms with van der Waals surface area (Å²) in [6, 6.07) is 0.452. The number of nitrogens with one attached hydrogen (secondary N) is 1. The summed E-state index contributed by atoms with van der Waals surface area (Å²) in [6.07, 6.45) is 8.64. The molecule has 4 aliphatic rings. The number of amides is 1. The minimum atomic E-state index is -0.489. The van der Waals surface area contributed by atoms with Gasteiger partial charge in [0, 0.05) is 6.04 Å². The Kier molecular flexibility index (Phi) is 1.98. The highest BCUT2D eigenvalue weighted by molar-refractivity contribution is 5.89. The van der Waals surface area contributed by atoms with E-state index in [0.29, 0.717) is 6.04 Å². The lowest BCUT2D eigenvalue weighted by atomic mass is 9.79. The molecule has 0 aromatic rings. The number of carbonyl (C=O) groups is 1. The molecule has 4 aliphatic carbocycles. The van der Waals surface area contributed by atoms with Gasteiger partial charge in [-0.15, -0.1) is 0 Å². The van der Waals surface area contributed by atoms with E-state index < -0.39 is 5.54 Å². The second-order valence-corrected chi connectivity index (χ2v) is 6.89. The first kappa shape index (κ1) is 10.4. The molecule has 5 atom stereocenters. The topological polar surface area (TPSA) is 55.1 Å². The molecule has 2 bridgehead atoms. The first-order chi connectivity index (χ1) is 8.17. The van der Waals surface area contributed by atoms with Crippen LogP contribution in [0.4, 0.5) is 0 Å². The summed E-state index contributed by atoms with van der Waals surface area (Å²) in [5, 5.41) is 3.26. The molecule has 0 aromatic heterocycles. The molecular formula is C14H22N2O. The van der Waals surface area contributed by atoms with Crippen molar-refractivity contribution in [3.8, 4) is 0 Å². The molecule has 0 heterocycles. The first-order valence-corrected chi connectivity index (χ1v) is 7.27. The van der Waals surface area contributed by atoms with E-state index in [4.69, 9.17) is 5.73 Å². The summed E-state index contributed by atoms with van der Waals surface area (Å²) in [5.74, 6) is 3.74. The lowest BCUT2D eigenvalue weighted by Crippen LogP contribution is -2.50. The number of fused-ring (bicyclic) bond motifs is 5. The lowest BCUT2D eigenvalue weighted by Gasteiger charge is -2.32. The Morgan fingerprint density at radius 2 is 1.88 bits per heavy atom. The van der Waals surface area contributed by atoms with Crippen LogP contribution in [0.15, 0.2) is 0 Å². The SMILES string of the molecule is NC1(C(=O)NC2CC3CC2C2CCCC32)CC1. The number of rotatable bonds is 2. The van der Waals surface area contributed by atoms with E-state index in [0.717, 1.165) is 36.5 Å². The van der Waals surface area contributed by atoms with Crippen LogP contribution >= 0.6 is 0 Å². The van der Waals surface area contributed by atoms with E-state index >= 15 is 0 Å². The van der Waals surface area contributed by atoms with E-state index in [9.17, 15) is 4.79 Å². The Hall–Kier alpha value is -0.570. The van der Waals surface area contributed by atoms with Crippen molar-refractivity contribution in [3.63, 3.8) is 0 Å². The maximum atomic E-state index is 12.0. The third kappa shape index (κ3) is 1.41. The van der Waals surface area contributed by atoms with Gasteiger partial charge in [-0.25, -0.2) is 0 Å². The van der Waals surface area contributed by atoms with E-state index in [1.165, 1.54) is 32.1 Å². The van der Waals surface area contributed by atoms with E-state index in [1.807, 2.05) is 0 Å². The number of carbonyl (C=O) groups excluding carboxylic acids is 1. The van der Waals surface area contributed by atoms with Gasteiger partial charge in [-0.05, 0) is 62.2 Å². The van der Waals surface area contributed by atoms with Crippen LogP contribution in [0, 0.1) is 23.7 Å². The molecule has 1 amide bonds. The molecule has 3 nitrogen and oxygen atoms in total. The maximum Gasteiger partial charge on any atom is 0.240 e. The average molecular weight is 234 g/mol. The van der Waals surface area contributed by atoms with Crippen LogP contribution in [-0.2, 0) is 4.79 Å². The van der Waals surface area contributed by atoms with Crippen molar-refractivity contribution in [3.05, 3.63) is 0 Å². The lowest BCUT2D eigenvalue weighted by molar-refractivity contribution is -0.124. The van der Waals surface area contributed by atoms with Gasteiger partial charge >= 0.3 is 0 Å². The molecular weight excluding hydrogens is 212 g/mol. The van der Waals surface area contributed by atoms with Crippen LogP contribution in [0.25, 0.3) is 0 Å². The normalized spacial score (nSPS) is 49.1. The van der Waals surface area contributed by atoms with Gasteiger partial charge in [-0.2, -0.15) is 0 Å². The van der Waals surface area contributed by atoms with Crippen molar-refractivity contribution in [2.24, 2.45) is 29.4 Å². The maximum absolute atomic E-state index is 12.0. The number of nitrogens with two attached hydrogens (primary N) is 1. The molecule has 0 aliphatic heterocycles. The molecule has 0 spiro atoms. The van der Waals surface area contributed by atoms with Gasteiger partial charge in [0.2, 0.25) is 5.91 Å². The summed E-state index contributed by atoms with van der Waals surface area (Å²) in [6.45, 7) is 0. The van der Waals surface area contributed by atoms with Crippen molar-refractivity contribution in [1.82, 2.24) is 5.32 Å². The van der Waals surface area contributed by atoms with Crippen molar-refractivity contribution in [1.29, 1.82) is 0 Å². The molecule has 4 saturated carbocycles.